The van der Waals surface area contributed by atoms with Crippen LogP contribution in [-0.2, 0) is 4.74 Å². The molecule has 0 spiro atoms. The van der Waals surface area contributed by atoms with Crippen LogP contribution < -0.4 is 5.32 Å². The van der Waals surface area contributed by atoms with Gasteiger partial charge in [0.15, 0.2) is 0 Å². The van der Waals surface area contributed by atoms with Gasteiger partial charge in [-0.25, -0.2) is 4.79 Å². The van der Waals surface area contributed by atoms with Gasteiger partial charge in [-0.15, -0.1) is 0 Å². The van der Waals surface area contributed by atoms with Crippen LogP contribution >= 0.6 is 0 Å². The average Bonchev–Trinajstić information content (AvgIpc) is 2.72. The van der Waals surface area contributed by atoms with Gasteiger partial charge in [-0.1, -0.05) is 20.3 Å². The summed E-state index contributed by atoms with van der Waals surface area (Å²) in [5.74, 6) is 0.512. The lowest BCUT2D eigenvalue weighted by Gasteiger charge is -2.29. The van der Waals surface area contributed by atoms with E-state index in [4.69, 9.17) is 4.74 Å². The lowest BCUT2D eigenvalue weighted by atomic mass is 9.96. The van der Waals surface area contributed by atoms with E-state index in [0.29, 0.717) is 5.92 Å². The molecule has 17 heavy (non-hydrogen) atoms. The molecule has 0 bridgehead atoms. The van der Waals surface area contributed by atoms with Crippen LogP contribution in [0.2, 0.25) is 0 Å². The van der Waals surface area contributed by atoms with Crippen molar-refractivity contribution in [3.8, 4) is 0 Å². The SMILES string of the molecule is CCC1C[C@H](N2C=CC(O)NC2=O)O[C@@H]1CC. The molecule has 1 saturated heterocycles. The Morgan fingerprint density at radius 3 is 2.82 bits per heavy atom. The summed E-state index contributed by atoms with van der Waals surface area (Å²) >= 11 is 0. The summed E-state index contributed by atoms with van der Waals surface area (Å²) in [4.78, 5) is 13.2. The maximum atomic E-state index is 11.7. The molecule has 2 N–H and O–H groups in total. The molecular weight excluding hydrogens is 220 g/mol. The van der Waals surface area contributed by atoms with E-state index in [1.807, 2.05) is 0 Å². The van der Waals surface area contributed by atoms with E-state index in [1.165, 1.54) is 4.90 Å². The largest absolute Gasteiger partial charge is 0.370 e. The van der Waals surface area contributed by atoms with E-state index >= 15 is 0 Å². The average molecular weight is 240 g/mol. The van der Waals surface area contributed by atoms with Crippen LogP contribution in [0.25, 0.3) is 0 Å². The standard InChI is InChI=1S/C12H20N2O3/c1-3-8-7-11(17-9(8)4-2)14-6-5-10(15)13-12(14)16/h5-6,8-11,15H,3-4,7H2,1-2H3,(H,13,16)/t8?,9-,10?,11-/m1/s1. The van der Waals surface area contributed by atoms with E-state index in [9.17, 15) is 9.90 Å². The van der Waals surface area contributed by atoms with Crippen LogP contribution in [-0.4, -0.2) is 34.6 Å². The molecule has 96 valence electrons. The van der Waals surface area contributed by atoms with Gasteiger partial charge in [0.2, 0.25) is 0 Å². The first kappa shape index (κ1) is 12.4. The van der Waals surface area contributed by atoms with Crippen molar-refractivity contribution in [1.82, 2.24) is 10.2 Å². The molecule has 2 aliphatic rings. The van der Waals surface area contributed by atoms with Gasteiger partial charge in [-0.05, 0) is 24.8 Å². The summed E-state index contributed by atoms with van der Waals surface area (Å²) in [5, 5.41) is 11.7. The normalized spacial score (nSPS) is 37.4. The van der Waals surface area contributed by atoms with Crippen molar-refractivity contribution in [1.29, 1.82) is 0 Å². The highest BCUT2D eigenvalue weighted by molar-refractivity contribution is 5.77. The summed E-state index contributed by atoms with van der Waals surface area (Å²) in [7, 11) is 0. The summed E-state index contributed by atoms with van der Waals surface area (Å²) in [6, 6.07) is -0.295. The molecule has 4 atom stereocenters. The van der Waals surface area contributed by atoms with Crippen molar-refractivity contribution >= 4 is 6.03 Å². The van der Waals surface area contributed by atoms with Crippen molar-refractivity contribution in [2.75, 3.05) is 0 Å². The van der Waals surface area contributed by atoms with Crippen LogP contribution in [0, 0.1) is 5.92 Å². The maximum Gasteiger partial charge on any atom is 0.325 e. The zero-order valence-corrected chi connectivity index (χ0v) is 10.3. The monoisotopic (exact) mass is 240 g/mol. The molecule has 0 aromatic heterocycles. The molecule has 2 amide bonds. The van der Waals surface area contributed by atoms with Gasteiger partial charge >= 0.3 is 6.03 Å². The van der Waals surface area contributed by atoms with Gasteiger partial charge in [0.25, 0.3) is 0 Å². The van der Waals surface area contributed by atoms with Gasteiger partial charge < -0.3 is 15.2 Å². The Kier molecular flexibility index (Phi) is 3.69. The molecule has 2 rings (SSSR count). The Morgan fingerprint density at radius 1 is 1.53 bits per heavy atom. The number of aliphatic hydroxyl groups excluding tert-OH is 1. The van der Waals surface area contributed by atoms with Crippen molar-refractivity contribution in [2.24, 2.45) is 5.92 Å². The fraction of sp³-hybridized carbons (Fsp3) is 0.750. The number of ether oxygens (including phenoxy) is 1. The van der Waals surface area contributed by atoms with Gasteiger partial charge in [-0.3, -0.25) is 4.90 Å². The van der Waals surface area contributed by atoms with E-state index in [0.717, 1.165) is 19.3 Å². The Balaban J connectivity index is 2.04. The first-order chi connectivity index (χ1) is 8.15. The van der Waals surface area contributed by atoms with E-state index in [2.05, 4.69) is 19.2 Å². The van der Waals surface area contributed by atoms with Crippen LogP contribution in [0.15, 0.2) is 12.3 Å². The second-order valence-electron chi connectivity index (χ2n) is 4.58. The van der Waals surface area contributed by atoms with Crippen molar-refractivity contribution in [3.05, 3.63) is 12.3 Å². The molecule has 0 saturated carbocycles. The lowest BCUT2D eigenvalue weighted by molar-refractivity contribution is -0.0266. The van der Waals surface area contributed by atoms with E-state index in [-0.39, 0.29) is 18.4 Å². The summed E-state index contributed by atoms with van der Waals surface area (Å²) in [6.45, 7) is 4.25. The van der Waals surface area contributed by atoms with Crippen LogP contribution in [0.1, 0.15) is 33.1 Å². The molecule has 0 aromatic carbocycles. The second kappa shape index (κ2) is 5.06. The number of rotatable bonds is 3. The number of hydrogen-bond donors (Lipinski definition) is 2. The summed E-state index contributed by atoms with van der Waals surface area (Å²) in [5.41, 5.74) is 0. The Hall–Kier alpha value is -1.07. The molecule has 0 radical (unpaired) electrons. The molecule has 5 heteroatoms. The minimum absolute atomic E-state index is 0.200. The number of nitrogens with one attached hydrogen (secondary N) is 1. The predicted octanol–water partition coefficient (Wildman–Crippen LogP) is 1.39. The number of hydrogen-bond acceptors (Lipinski definition) is 3. The Morgan fingerprint density at radius 2 is 2.29 bits per heavy atom. The number of urea groups is 1. The number of nitrogens with zero attached hydrogens (tertiary/aromatic N) is 1. The zero-order valence-electron chi connectivity index (χ0n) is 10.3. The third-order valence-electron chi connectivity index (χ3n) is 3.53. The first-order valence-electron chi connectivity index (χ1n) is 6.26. The maximum absolute atomic E-state index is 11.7. The minimum Gasteiger partial charge on any atom is -0.370 e. The molecule has 0 aliphatic carbocycles. The highest BCUT2D eigenvalue weighted by Gasteiger charge is 2.38. The molecule has 2 heterocycles. The topological polar surface area (TPSA) is 61.8 Å². The summed E-state index contributed by atoms with van der Waals surface area (Å²) in [6.07, 6.45) is 5.20. The Bertz CT molecular complexity index is 307. The zero-order chi connectivity index (χ0) is 12.4. The van der Waals surface area contributed by atoms with Crippen molar-refractivity contribution in [3.63, 3.8) is 0 Å². The fourth-order valence-electron chi connectivity index (χ4n) is 2.54. The number of carbonyl (C=O) groups excluding carboxylic acids is 1. The van der Waals surface area contributed by atoms with Crippen molar-refractivity contribution < 1.29 is 14.6 Å². The lowest BCUT2D eigenvalue weighted by Crippen LogP contribution is -2.49. The quantitative estimate of drug-likeness (QED) is 0.783. The van der Waals surface area contributed by atoms with Gasteiger partial charge in [-0.2, -0.15) is 0 Å². The Labute approximate surface area is 101 Å². The summed E-state index contributed by atoms with van der Waals surface area (Å²) < 4.78 is 5.89. The second-order valence-corrected chi connectivity index (χ2v) is 4.58. The third kappa shape index (κ3) is 2.45. The fourth-order valence-corrected chi connectivity index (χ4v) is 2.54. The first-order valence-corrected chi connectivity index (χ1v) is 6.26. The predicted molar refractivity (Wildman–Crippen MR) is 62.9 cm³/mol. The number of amides is 2. The highest BCUT2D eigenvalue weighted by Crippen LogP contribution is 2.33. The van der Waals surface area contributed by atoms with Crippen molar-refractivity contribution in [2.45, 2.75) is 51.7 Å². The van der Waals surface area contributed by atoms with Crippen LogP contribution in [0.3, 0.4) is 0 Å². The van der Waals surface area contributed by atoms with Gasteiger partial charge in [0.05, 0.1) is 6.10 Å². The van der Waals surface area contributed by atoms with Gasteiger partial charge in [0, 0.05) is 6.20 Å². The molecule has 0 aromatic rings. The van der Waals surface area contributed by atoms with Gasteiger partial charge in [0.1, 0.15) is 12.5 Å². The third-order valence-corrected chi connectivity index (χ3v) is 3.53. The molecule has 2 aliphatic heterocycles. The molecular formula is C12H20N2O3. The number of aliphatic hydroxyl groups is 1. The minimum atomic E-state index is -0.885. The van der Waals surface area contributed by atoms with E-state index in [1.54, 1.807) is 12.3 Å². The molecule has 1 fully saturated rings. The van der Waals surface area contributed by atoms with Crippen LogP contribution in [0.5, 0.6) is 0 Å². The molecule has 2 unspecified atom stereocenters. The van der Waals surface area contributed by atoms with Crippen LogP contribution in [0.4, 0.5) is 4.79 Å². The number of carbonyl (C=O) groups is 1. The molecule has 5 nitrogen and oxygen atoms in total. The smallest absolute Gasteiger partial charge is 0.325 e. The highest BCUT2D eigenvalue weighted by atomic mass is 16.5. The van der Waals surface area contributed by atoms with E-state index < -0.39 is 6.23 Å².